The highest BCUT2D eigenvalue weighted by atomic mass is 16.6. The van der Waals surface area contributed by atoms with Crippen molar-refractivity contribution in [2.75, 3.05) is 46.5 Å². The van der Waals surface area contributed by atoms with Crippen molar-refractivity contribution in [2.24, 2.45) is 0 Å². The van der Waals surface area contributed by atoms with E-state index >= 15 is 0 Å². The zero-order valence-corrected chi connectivity index (χ0v) is 18.8. The third kappa shape index (κ3) is 6.35. The van der Waals surface area contributed by atoms with Crippen LogP contribution in [0.15, 0.2) is 18.5 Å². The molecule has 0 fully saturated rings. The van der Waals surface area contributed by atoms with Gasteiger partial charge in [-0.2, -0.15) is 10.4 Å². The van der Waals surface area contributed by atoms with Crippen LogP contribution in [0, 0.1) is 11.3 Å². The van der Waals surface area contributed by atoms with Crippen LogP contribution in [-0.2, 0) is 23.7 Å². The smallest absolute Gasteiger partial charge is 0.322 e. The Morgan fingerprint density at radius 2 is 2.12 bits per heavy atom. The lowest BCUT2D eigenvalue weighted by Gasteiger charge is -2.32. The molecule has 2 heterocycles. The molecular weight excluding hydrogens is 436 g/mol. The van der Waals surface area contributed by atoms with Gasteiger partial charge in [0.2, 0.25) is 5.60 Å². The van der Waals surface area contributed by atoms with Gasteiger partial charge in [0, 0.05) is 27.2 Å². The third-order valence-electron chi connectivity index (χ3n) is 5.04. The lowest BCUT2D eigenvalue weighted by molar-refractivity contribution is -0.151. The molecule has 0 saturated heterocycles. The number of hydrogen-bond donors (Lipinski definition) is 4. The predicted molar refractivity (Wildman–Crippen MR) is 115 cm³/mol. The van der Waals surface area contributed by atoms with Gasteiger partial charge in [-0.05, 0) is 19.1 Å². The van der Waals surface area contributed by atoms with Gasteiger partial charge in [-0.1, -0.05) is 0 Å². The largest absolute Gasteiger partial charge is 0.464 e. The average Bonchev–Trinajstić information content (AvgIpc) is 3.26. The second kappa shape index (κ2) is 12.4. The predicted octanol–water partition coefficient (Wildman–Crippen LogP) is -0.854. The first-order valence-electron chi connectivity index (χ1n) is 10.2. The number of nitrogens with zero attached hydrogens (tertiary/aromatic N) is 4. The summed E-state index contributed by atoms with van der Waals surface area (Å²) in [6, 6.07) is 4.28. The highest BCUT2D eigenvalue weighted by Gasteiger charge is 2.44. The first-order valence-corrected chi connectivity index (χ1v) is 10.2. The lowest BCUT2D eigenvalue weighted by Crippen LogP contribution is -2.51. The minimum absolute atomic E-state index is 0.137. The summed E-state index contributed by atoms with van der Waals surface area (Å²) in [5.41, 5.74) is 4.50. The van der Waals surface area contributed by atoms with Gasteiger partial charge in [-0.15, -0.1) is 0 Å². The normalized spacial score (nSPS) is 16.0. The van der Waals surface area contributed by atoms with Gasteiger partial charge in [0.1, 0.15) is 36.2 Å². The summed E-state index contributed by atoms with van der Waals surface area (Å²) in [6.45, 7) is 1.78. The minimum Gasteiger partial charge on any atom is -0.464 e. The molecule has 182 valence electrons. The molecule has 0 aliphatic rings. The molecule has 13 nitrogen and oxygen atoms in total. The number of nitrogens with two attached hydrogens (primary N) is 1. The maximum Gasteiger partial charge on any atom is 0.322 e. The molecule has 0 unspecified atom stereocenters. The molecule has 2 rings (SSSR count). The number of nitrogen functional groups attached to an aromatic ring is 1. The van der Waals surface area contributed by atoms with Gasteiger partial charge in [0.15, 0.2) is 5.82 Å². The Balaban J connectivity index is 1.96. The summed E-state index contributed by atoms with van der Waals surface area (Å²) in [5.74, 6) is -0.276. The second-order valence-electron chi connectivity index (χ2n) is 7.23. The minimum atomic E-state index is -1.91. The number of hydrogen-bond acceptors (Lipinski definition) is 12. The van der Waals surface area contributed by atoms with Crippen molar-refractivity contribution in [3.8, 4) is 6.07 Å². The molecule has 5 N–H and O–H groups in total. The number of aromatic nitrogens is 3. The molecular formula is C20H30N6O7. The molecule has 33 heavy (non-hydrogen) atoms. The Labute approximate surface area is 191 Å². The van der Waals surface area contributed by atoms with Crippen LogP contribution in [0.2, 0.25) is 0 Å². The zero-order chi connectivity index (χ0) is 24.4. The van der Waals surface area contributed by atoms with Crippen LogP contribution in [0.3, 0.4) is 0 Å². The fourth-order valence-electron chi connectivity index (χ4n) is 2.99. The van der Waals surface area contributed by atoms with Crippen LogP contribution in [0.4, 0.5) is 5.82 Å². The average molecular weight is 466 g/mol. The van der Waals surface area contributed by atoms with E-state index in [1.807, 2.05) is 6.07 Å². The van der Waals surface area contributed by atoms with E-state index in [0.29, 0.717) is 18.5 Å². The highest BCUT2D eigenvalue weighted by Crippen LogP contribution is 2.29. The Hall–Kier alpha value is -2.86. The maximum atomic E-state index is 11.9. The van der Waals surface area contributed by atoms with E-state index in [9.17, 15) is 20.3 Å². The fourth-order valence-corrected chi connectivity index (χ4v) is 2.99. The van der Waals surface area contributed by atoms with Crippen LogP contribution in [0.1, 0.15) is 25.1 Å². The molecule has 0 amide bonds. The number of carbonyl (C=O) groups is 1. The number of esters is 1. The van der Waals surface area contributed by atoms with Gasteiger partial charge >= 0.3 is 5.97 Å². The summed E-state index contributed by atoms with van der Waals surface area (Å²) in [5, 5.41) is 38.1. The van der Waals surface area contributed by atoms with Crippen molar-refractivity contribution in [3.05, 3.63) is 24.2 Å². The molecule has 0 aliphatic carbocycles. The number of anilines is 1. The van der Waals surface area contributed by atoms with E-state index < -0.39 is 36.4 Å². The van der Waals surface area contributed by atoms with E-state index in [1.54, 1.807) is 20.1 Å². The van der Waals surface area contributed by atoms with Gasteiger partial charge in [-0.3, -0.25) is 10.1 Å². The molecule has 2 aromatic heterocycles. The first kappa shape index (κ1) is 26.4. The van der Waals surface area contributed by atoms with Gasteiger partial charge in [-0.25, -0.2) is 9.50 Å². The van der Waals surface area contributed by atoms with E-state index in [0.717, 1.165) is 0 Å². The summed E-state index contributed by atoms with van der Waals surface area (Å²) in [6.07, 6.45) is -1.47. The van der Waals surface area contributed by atoms with Crippen molar-refractivity contribution >= 4 is 17.3 Å². The van der Waals surface area contributed by atoms with E-state index in [4.69, 9.17) is 24.7 Å². The van der Waals surface area contributed by atoms with Crippen LogP contribution in [-0.4, -0.2) is 89.3 Å². The summed E-state index contributed by atoms with van der Waals surface area (Å²) < 4.78 is 22.0. The number of aliphatic hydroxyl groups excluding tert-OH is 2. The maximum absolute atomic E-state index is 11.9. The van der Waals surface area contributed by atoms with Gasteiger partial charge < -0.3 is 34.9 Å². The molecule has 0 spiro atoms. The number of aliphatic hydroxyl groups is 2. The lowest BCUT2D eigenvalue weighted by atomic mass is 9.93. The van der Waals surface area contributed by atoms with E-state index in [1.165, 1.54) is 24.0 Å². The van der Waals surface area contributed by atoms with Crippen LogP contribution in [0.25, 0.3) is 5.52 Å². The summed E-state index contributed by atoms with van der Waals surface area (Å²) in [4.78, 5) is 15.8. The van der Waals surface area contributed by atoms with Gasteiger partial charge in [0.25, 0.3) is 0 Å². The third-order valence-corrected chi connectivity index (χ3v) is 5.04. The number of fused-ring (bicyclic) bond motifs is 1. The SMILES string of the molecule is COCCCOC(=O)[C@H](C)NCOC[C@@](C#N)(OC)[C@@H](O)[C@@H](O)c1ccc2c(N)ncnn12. The monoisotopic (exact) mass is 466 g/mol. The van der Waals surface area contributed by atoms with Crippen molar-refractivity contribution in [2.45, 2.75) is 37.2 Å². The zero-order valence-electron chi connectivity index (χ0n) is 18.8. The van der Waals surface area contributed by atoms with Crippen LogP contribution in [0.5, 0.6) is 0 Å². The Morgan fingerprint density at radius 3 is 2.79 bits per heavy atom. The molecule has 0 bridgehead atoms. The van der Waals surface area contributed by atoms with Crippen molar-refractivity contribution in [1.29, 1.82) is 5.26 Å². The number of ether oxygens (including phenoxy) is 4. The Kier molecular flexibility index (Phi) is 9.92. The van der Waals surface area contributed by atoms with E-state index in [2.05, 4.69) is 15.4 Å². The number of nitriles is 1. The molecule has 2 aromatic rings. The molecule has 4 atom stereocenters. The summed E-state index contributed by atoms with van der Waals surface area (Å²) in [7, 11) is 2.78. The standard InChI is InChI=1S/C20H30N6O7/c1-13(19(29)33-8-4-7-30-2)24-12-32-10-20(9-21,31-3)17(28)16(27)14-5-6-15-18(22)23-11-25-26(14)15/h5-6,11,13,16-17,24,27-28H,4,7-8,10,12H2,1-3H3,(H2,22,23,25)/t13-,16-,17-,20+/m0/s1. The molecule has 0 aliphatic heterocycles. The van der Waals surface area contributed by atoms with Crippen molar-refractivity contribution < 1.29 is 34.0 Å². The van der Waals surface area contributed by atoms with Gasteiger partial charge in [0.05, 0.1) is 25.6 Å². The molecule has 13 heteroatoms. The second-order valence-corrected chi connectivity index (χ2v) is 7.23. The topological polar surface area (TPSA) is 186 Å². The fraction of sp³-hybridized carbons (Fsp3) is 0.600. The molecule has 0 radical (unpaired) electrons. The summed E-state index contributed by atoms with van der Waals surface area (Å²) >= 11 is 0. The Morgan fingerprint density at radius 1 is 1.36 bits per heavy atom. The van der Waals surface area contributed by atoms with E-state index in [-0.39, 0.29) is 24.8 Å². The molecule has 0 saturated carbocycles. The number of methoxy groups -OCH3 is 2. The van der Waals surface area contributed by atoms with Crippen molar-refractivity contribution in [1.82, 2.24) is 19.9 Å². The van der Waals surface area contributed by atoms with Crippen molar-refractivity contribution in [3.63, 3.8) is 0 Å². The Bertz CT molecular complexity index is 949. The van der Waals surface area contributed by atoms with Crippen LogP contribution < -0.4 is 11.1 Å². The number of rotatable bonds is 14. The molecule has 0 aromatic carbocycles. The highest BCUT2D eigenvalue weighted by molar-refractivity contribution is 5.75. The number of carbonyl (C=O) groups excluding carboxylic acids is 1. The quantitative estimate of drug-likeness (QED) is 0.154. The van der Waals surface area contributed by atoms with Crippen LogP contribution >= 0.6 is 0 Å². The first-order chi connectivity index (χ1) is 15.8. The number of nitrogens with one attached hydrogen (secondary N) is 1.